The van der Waals surface area contributed by atoms with Crippen LogP contribution >= 0.6 is 22.9 Å². The lowest BCUT2D eigenvalue weighted by Gasteiger charge is -2.13. The zero-order valence-corrected chi connectivity index (χ0v) is 12.4. The summed E-state index contributed by atoms with van der Waals surface area (Å²) >= 11 is 7.64. The Hall–Kier alpha value is -0.900. The van der Waals surface area contributed by atoms with E-state index in [0.29, 0.717) is 6.04 Å². The highest BCUT2D eigenvalue weighted by molar-refractivity contribution is 7.11. The van der Waals surface area contributed by atoms with E-state index in [9.17, 15) is 0 Å². The molecule has 0 saturated carbocycles. The van der Waals surface area contributed by atoms with Gasteiger partial charge in [-0.1, -0.05) is 23.7 Å². The van der Waals surface area contributed by atoms with Crippen molar-refractivity contribution in [3.8, 4) is 0 Å². The molecule has 0 amide bonds. The molecule has 96 valence electrons. The van der Waals surface area contributed by atoms with Gasteiger partial charge in [0.1, 0.15) is 5.01 Å². The summed E-state index contributed by atoms with van der Waals surface area (Å²) in [5.41, 5.74) is 2.38. The fourth-order valence-electron chi connectivity index (χ4n) is 1.72. The van der Waals surface area contributed by atoms with Gasteiger partial charge >= 0.3 is 0 Å². The number of nitrogens with one attached hydrogen (secondary N) is 1. The summed E-state index contributed by atoms with van der Waals surface area (Å²) in [6.07, 6.45) is 0. The first-order chi connectivity index (χ1) is 8.56. The summed E-state index contributed by atoms with van der Waals surface area (Å²) in [5, 5.41) is 5.40. The van der Waals surface area contributed by atoms with Crippen molar-refractivity contribution in [1.82, 2.24) is 10.3 Å². The second kappa shape index (κ2) is 5.83. The van der Waals surface area contributed by atoms with Crippen LogP contribution in [0.15, 0.2) is 24.3 Å². The summed E-state index contributed by atoms with van der Waals surface area (Å²) in [4.78, 5) is 5.82. The Labute approximate surface area is 117 Å². The zero-order valence-electron chi connectivity index (χ0n) is 10.8. The van der Waals surface area contributed by atoms with E-state index in [1.165, 1.54) is 10.4 Å². The zero-order chi connectivity index (χ0) is 13.1. The number of hydrogen-bond acceptors (Lipinski definition) is 3. The predicted octanol–water partition coefficient (Wildman–Crippen LogP) is 4.26. The lowest BCUT2D eigenvalue weighted by atomic mass is 10.1. The van der Waals surface area contributed by atoms with Crippen LogP contribution in [-0.4, -0.2) is 4.98 Å². The van der Waals surface area contributed by atoms with Crippen molar-refractivity contribution in [1.29, 1.82) is 0 Å². The lowest BCUT2D eigenvalue weighted by Crippen LogP contribution is -2.17. The van der Waals surface area contributed by atoms with Crippen molar-refractivity contribution < 1.29 is 0 Å². The van der Waals surface area contributed by atoms with Gasteiger partial charge in [0.15, 0.2) is 0 Å². The molecule has 0 bridgehead atoms. The van der Waals surface area contributed by atoms with Gasteiger partial charge in [0.05, 0.1) is 5.69 Å². The molecule has 0 aliphatic rings. The number of halogens is 1. The molecule has 4 heteroatoms. The van der Waals surface area contributed by atoms with Gasteiger partial charge in [-0.25, -0.2) is 4.98 Å². The number of aryl methyl sites for hydroxylation is 2. The van der Waals surface area contributed by atoms with Crippen LogP contribution in [0.3, 0.4) is 0 Å². The third-order valence-corrected chi connectivity index (χ3v) is 4.33. The van der Waals surface area contributed by atoms with Crippen LogP contribution in [-0.2, 0) is 6.54 Å². The second-order valence-electron chi connectivity index (χ2n) is 4.40. The Bertz CT molecular complexity index is 500. The lowest BCUT2D eigenvalue weighted by molar-refractivity contribution is 0.573. The van der Waals surface area contributed by atoms with Crippen molar-refractivity contribution in [3.05, 3.63) is 50.4 Å². The van der Waals surface area contributed by atoms with E-state index in [1.54, 1.807) is 11.3 Å². The minimum absolute atomic E-state index is 0.298. The van der Waals surface area contributed by atoms with Crippen molar-refractivity contribution >= 4 is 22.9 Å². The molecule has 1 heterocycles. The van der Waals surface area contributed by atoms with Crippen molar-refractivity contribution in [2.24, 2.45) is 0 Å². The third kappa shape index (κ3) is 3.31. The molecule has 1 atom stereocenters. The third-order valence-electron chi connectivity index (χ3n) is 3.00. The topological polar surface area (TPSA) is 24.9 Å². The highest BCUT2D eigenvalue weighted by Crippen LogP contribution is 2.19. The number of nitrogens with zero attached hydrogens (tertiary/aromatic N) is 1. The quantitative estimate of drug-likeness (QED) is 0.905. The summed E-state index contributed by atoms with van der Waals surface area (Å²) < 4.78 is 0. The van der Waals surface area contributed by atoms with E-state index < -0.39 is 0 Å². The van der Waals surface area contributed by atoms with Crippen LogP contribution in [0.1, 0.15) is 34.1 Å². The van der Waals surface area contributed by atoms with Gasteiger partial charge in [-0.15, -0.1) is 11.3 Å². The fraction of sp³-hybridized carbons (Fsp3) is 0.357. The summed E-state index contributed by atoms with van der Waals surface area (Å²) in [5.74, 6) is 0. The first-order valence-electron chi connectivity index (χ1n) is 5.98. The van der Waals surface area contributed by atoms with Crippen LogP contribution < -0.4 is 5.32 Å². The van der Waals surface area contributed by atoms with Gasteiger partial charge in [0, 0.05) is 22.5 Å². The smallest absolute Gasteiger partial charge is 0.107 e. The fourth-order valence-corrected chi connectivity index (χ4v) is 2.74. The molecule has 18 heavy (non-hydrogen) atoms. The Morgan fingerprint density at radius 2 is 1.94 bits per heavy atom. The number of rotatable bonds is 4. The van der Waals surface area contributed by atoms with E-state index in [1.807, 2.05) is 12.1 Å². The minimum atomic E-state index is 0.298. The molecule has 2 aromatic rings. The van der Waals surface area contributed by atoms with E-state index >= 15 is 0 Å². The van der Waals surface area contributed by atoms with E-state index in [2.05, 4.69) is 43.2 Å². The van der Waals surface area contributed by atoms with Gasteiger partial charge in [0.25, 0.3) is 0 Å². The molecule has 0 spiro atoms. The molecule has 0 radical (unpaired) electrons. The van der Waals surface area contributed by atoms with Crippen LogP contribution in [0.2, 0.25) is 5.02 Å². The van der Waals surface area contributed by atoms with Crippen LogP contribution in [0.25, 0.3) is 0 Å². The molecule has 0 aliphatic carbocycles. The first kappa shape index (κ1) is 13.5. The SMILES string of the molecule is Cc1nc(CN[C@@H](C)c2ccc(Cl)cc2)sc1C. The maximum absolute atomic E-state index is 5.88. The Kier molecular flexibility index (Phi) is 4.38. The Morgan fingerprint density at radius 1 is 1.28 bits per heavy atom. The average molecular weight is 281 g/mol. The van der Waals surface area contributed by atoms with Gasteiger partial charge < -0.3 is 5.32 Å². The maximum atomic E-state index is 5.88. The summed E-state index contributed by atoms with van der Waals surface area (Å²) in [6, 6.07) is 8.25. The predicted molar refractivity (Wildman–Crippen MR) is 78.3 cm³/mol. The van der Waals surface area contributed by atoms with Crippen molar-refractivity contribution in [2.45, 2.75) is 33.4 Å². The molecule has 0 unspecified atom stereocenters. The standard InChI is InChI=1S/C14H17ClN2S/c1-9-11(3)18-14(17-9)8-16-10(2)12-4-6-13(15)7-5-12/h4-7,10,16H,8H2,1-3H3/t10-/m0/s1. The first-order valence-corrected chi connectivity index (χ1v) is 7.17. The molecule has 2 nitrogen and oxygen atoms in total. The van der Waals surface area contributed by atoms with Gasteiger partial charge in [-0.3, -0.25) is 0 Å². The number of thiazole rings is 1. The number of aromatic nitrogens is 1. The maximum Gasteiger partial charge on any atom is 0.107 e. The molecular formula is C14H17ClN2S. The highest BCUT2D eigenvalue weighted by atomic mass is 35.5. The monoisotopic (exact) mass is 280 g/mol. The number of benzene rings is 1. The molecule has 1 aromatic carbocycles. The van der Waals surface area contributed by atoms with Crippen molar-refractivity contribution in [3.63, 3.8) is 0 Å². The average Bonchev–Trinajstić information content (AvgIpc) is 2.67. The summed E-state index contributed by atoms with van der Waals surface area (Å²) in [6.45, 7) is 7.12. The van der Waals surface area contributed by atoms with Crippen LogP contribution in [0.4, 0.5) is 0 Å². The second-order valence-corrected chi connectivity index (χ2v) is 6.13. The molecule has 2 rings (SSSR count). The Morgan fingerprint density at radius 3 is 2.50 bits per heavy atom. The van der Waals surface area contributed by atoms with Gasteiger partial charge in [-0.2, -0.15) is 0 Å². The molecule has 1 N–H and O–H groups in total. The van der Waals surface area contributed by atoms with E-state index in [0.717, 1.165) is 22.3 Å². The minimum Gasteiger partial charge on any atom is -0.304 e. The highest BCUT2D eigenvalue weighted by Gasteiger charge is 2.07. The molecule has 1 aromatic heterocycles. The van der Waals surface area contributed by atoms with Crippen molar-refractivity contribution in [2.75, 3.05) is 0 Å². The van der Waals surface area contributed by atoms with Gasteiger partial charge in [0.2, 0.25) is 0 Å². The van der Waals surface area contributed by atoms with Crippen LogP contribution in [0.5, 0.6) is 0 Å². The molecular weight excluding hydrogens is 264 g/mol. The van der Waals surface area contributed by atoms with E-state index in [-0.39, 0.29) is 0 Å². The molecule has 0 aliphatic heterocycles. The molecule has 0 saturated heterocycles. The largest absolute Gasteiger partial charge is 0.304 e. The van der Waals surface area contributed by atoms with E-state index in [4.69, 9.17) is 11.6 Å². The van der Waals surface area contributed by atoms with Crippen LogP contribution in [0, 0.1) is 13.8 Å². The normalized spacial score (nSPS) is 12.7. The Balaban J connectivity index is 1.95. The molecule has 0 fully saturated rings. The number of hydrogen-bond donors (Lipinski definition) is 1. The summed E-state index contributed by atoms with van der Waals surface area (Å²) in [7, 11) is 0. The van der Waals surface area contributed by atoms with Gasteiger partial charge in [-0.05, 0) is 38.5 Å².